The van der Waals surface area contributed by atoms with Crippen molar-refractivity contribution in [2.45, 2.75) is 98.4 Å². The average molecular weight is 488 g/mol. The van der Waals surface area contributed by atoms with Crippen LogP contribution in [0.4, 0.5) is 4.79 Å². The van der Waals surface area contributed by atoms with Crippen molar-refractivity contribution >= 4 is 17.9 Å². The summed E-state index contributed by atoms with van der Waals surface area (Å²) in [5.74, 6) is -0.855. The van der Waals surface area contributed by atoms with Gasteiger partial charge in [0, 0.05) is 12.6 Å². The van der Waals surface area contributed by atoms with Gasteiger partial charge in [-0.2, -0.15) is 0 Å². The molecule has 3 atom stereocenters. The van der Waals surface area contributed by atoms with Gasteiger partial charge in [-0.3, -0.25) is 9.59 Å². The Bertz CT molecular complexity index is 843. The van der Waals surface area contributed by atoms with Crippen LogP contribution in [0.2, 0.25) is 0 Å². The first kappa shape index (κ1) is 30.2. The van der Waals surface area contributed by atoms with Gasteiger partial charge in [-0.15, -0.1) is 6.58 Å². The zero-order valence-corrected chi connectivity index (χ0v) is 22.8. The number of alkyl carbamates (subject to hydrolysis) is 1. The van der Waals surface area contributed by atoms with Crippen molar-refractivity contribution in [2.75, 3.05) is 6.54 Å². The molecular formula is C28H45N3O4. The molecule has 0 bridgehead atoms. The van der Waals surface area contributed by atoms with Crippen LogP contribution in [0.15, 0.2) is 36.9 Å². The molecule has 196 valence electrons. The quantitative estimate of drug-likeness (QED) is 0.399. The Morgan fingerprint density at radius 3 is 2.11 bits per heavy atom. The molecule has 3 unspecified atom stereocenters. The zero-order valence-electron chi connectivity index (χ0n) is 22.8. The second-order valence-electron chi connectivity index (χ2n) is 10.3. The van der Waals surface area contributed by atoms with E-state index in [1.54, 1.807) is 26.8 Å². The van der Waals surface area contributed by atoms with Gasteiger partial charge in [0.2, 0.25) is 11.8 Å². The largest absolute Gasteiger partial charge is 0.444 e. The smallest absolute Gasteiger partial charge is 0.408 e. The van der Waals surface area contributed by atoms with Gasteiger partial charge in [-0.25, -0.2) is 4.79 Å². The van der Waals surface area contributed by atoms with Crippen LogP contribution in [-0.2, 0) is 20.7 Å². The number of ether oxygens (including phenoxy) is 1. The van der Waals surface area contributed by atoms with Crippen LogP contribution in [0.3, 0.4) is 0 Å². The molecule has 1 aromatic rings. The topological polar surface area (TPSA) is 87.7 Å². The highest BCUT2D eigenvalue weighted by Crippen LogP contribution is 2.25. The Morgan fingerprint density at radius 2 is 1.66 bits per heavy atom. The molecule has 0 saturated carbocycles. The maximum absolute atomic E-state index is 13.9. The van der Waals surface area contributed by atoms with Crippen molar-refractivity contribution in [2.24, 2.45) is 5.92 Å². The molecule has 0 fully saturated rings. The third kappa shape index (κ3) is 9.74. The fraction of sp³-hybridized carbons (Fsp3) is 0.607. The summed E-state index contributed by atoms with van der Waals surface area (Å²) in [5, 5.41) is 5.78. The first-order valence-electron chi connectivity index (χ1n) is 12.6. The molecule has 0 radical (unpaired) electrons. The maximum atomic E-state index is 13.9. The Kier molecular flexibility index (Phi) is 12.0. The van der Waals surface area contributed by atoms with E-state index in [2.05, 4.69) is 31.1 Å². The second kappa shape index (κ2) is 13.9. The molecule has 0 aliphatic rings. The van der Waals surface area contributed by atoms with Gasteiger partial charge in [0.1, 0.15) is 17.7 Å². The predicted molar refractivity (Wildman–Crippen MR) is 141 cm³/mol. The van der Waals surface area contributed by atoms with E-state index in [0.717, 1.165) is 24.8 Å². The van der Waals surface area contributed by atoms with Crippen LogP contribution in [0.1, 0.15) is 85.4 Å². The molecule has 1 aromatic carbocycles. The number of amides is 3. The van der Waals surface area contributed by atoms with Crippen molar-refractivity contribution in [3.05, 3.63) is 48.0 Å². The molecule has 7 nitrogen and oxygen atoms in total. The van der Waals surface area contributed by atoms with Gasteiger partial charge in [-0.05, 0) is 57.6 Å². The van der Waals surface area contributed by atoms with E-state index in [1.165, 1.54) is 4.90 Å². The zero-order chi connectivity index (χ0) is 26.8. The highest BCUT2D eigenvalue weighted by atomic mass is 16.6. The summed E-state index contributed by atoms with van der Waals surface area (Å²) in [4.78, 5) is 41.4. The first-order valence-corrected chi connectivity index (χ1v) is 12.6. The van der Waals surface area contributed by atoms with Gasteiger partial charge in [0.05, 0.1) is 0 Å². The Morgan fingerprint density at radius 1 is 1.06 bits per heavy atom. The fourth-order valence-electron chi connectivity index (χ4n) is 3.82. The Hall–Kier alpha value is -2.83. The van der Waals surface area contributed by atoms with Gasteiger partial charge in [0.25, 0.3) is 0 Å². The standard InChI is InChI=1S/C28H45N3O4/c1-10-13-20(6)29-25(32)24(22-16-14-21(12-3)15-17-22)31(18-11-2)26(33)23(19(4)5)30-27(34)35-28(7,8)9/h11,14-17,19-20,23-24H,2,10,12-13,18H2,1,3-9H3,(H,29,32)(H,30,34). The Labute approximate surface area is 211 Å². The first-order chi connectivity index (χ1) is 16.3. The number of nitrogens with one attached hydrogen (secondary N) is 2. The number of carbonyl (C=O) groups excluding carboxylic acids is 3. The second-order valence-corrected chi connectivity index (χ2v) is 10.3. The van der Waals surface area contributed by atoms with E-state index in [1.807, 2.05) is 45.0 Å². The maximum Gasteiger partial charge on any atom is 0.408 e. The van der Waals surface area contributed by atoms with E-state index >= 15 is 0 Å². The minimum Gasteiger partial charge on any atom is -0.444 e. The van der Waals surface area contributed by atoms with Crippen LogP contribution in [0.5, 0.6) is 0 Å². The van der Waals surface area contributed by atoms with Crippen molar-refractivity contribution < 1.29 is 19.1 Å². The van der Waals surface area contributed by atoms with Crippen LogP contribution in [-0.4, -0.2) is 47.0 Å². The highest BCUT2D eigenvalue weighted by Gasteiger charge is 2.37. The minimum absolute atomic E-state index is 0.0358. The van der Waals surface area contributed by atoms with Crippen molar-refractivity contribution in [1.82, 2.24) is 15.5 Å². The summed E-state index contributed by atoms with van der Waals surface area (Å²) in [7, 11) is 0. The summed E-state index contributed by atoms with van der Waals surface area (Å²) < 4.78 is 5.39. The molecule has 7 heteroatoms. The number of hydrogen-bond donors (Lipinski definition) is 2. The molecule has 0 aromatic heterocycles. The molecule has 1 rings (SSSR count). The number of carbonyl (C=O) groups is 3. The van der Waals surface area contributed by atoms with Gasteiger partial charge >= 0.3 is 6.09 Å². The van der Waals surface area contributed by atoms with Gasteiger partial charge in [-0.1, -0.05) is 64.5 Å². The lowest BCUT2D eigenvalue weighted by atomic mass is 9.97. The number of rotatable bonds is 12. The molecule has 3 amide bonds. The molecule has 0 heterocycles. The SMILES string of the molecule is C=CCN(C(=O)C(NC(=O)OC(C)(C)C)C(C)C)C(C(=O)NC(C)CCC)c1ccc(CC)cc1. The van der Waals surface area contributed by atoms with Crippen LogP contribution in [0, 0.1) is 5.92 Å². The molecule has 0 aliphatic carbocycles. The lowest BCUT2D eigenvalue weighted by Gasteiger charge is -2.35. The summed E-state index contributed by atoms with van der Waals surface area (Å²) in [6, 6.07) is 5.95. The van der Waals surface area contributed by atoms with Crippen molar-refractivity contribution in [1.29, 1.82) is 0 Å². The van der Waals surface area contributed by atoms with Crippen LogP contribution in [0.25, 0.3) is 0 Å². The number of benzene rings is 1. The van der Waals surface area contributed by atoms with Crippen LogP contribution >= 0.6 is 0 Å². The molecule has 0 aliphatic heterocycles. The van der Waals surface area contributed by atoms with E-state index in [0.29, 0.717) is 5.56 Å². The van der Waals surface area contributed by atoms with Crippen molar-refractivity contribution in [3.8, 4) is 0 Å². The molecular weight excluding hydrogens is 442 g/mol. The third-order valence-electron chi connectivity index (χ3n) is 5.59. The predicted octanol–water partition coefficient (Wildman–Crippen LogP) is 5.16. The normalized spacial score (nSPS) is 14.0. The lowest BCUT2D eigenvalue weighted by Crippen LogP contribution is -2.55. The minimum atomic E-state index is -0.872. The monoisotopic (exact) mass is 487 g/mol. The summed E-state index contributed by atoms with van der Waals surface area (Å²) >= 11 is 0. The van der Waals surface area contributed by atoms with Gasteiger partial charge in [0.15, 0.2) is 0 Å². The fourth-order valence-corrected chi connectivity index (χ4v) is 3.82. The highest BCUT2D eigenvalue weighted by molar-refractivity contribution is 5.92. The Balaban J connectivity index is 3.42. The average Bonchev–Trinajstić information content (AvgIpc) is 2.75. The van der Waals surface area contributed by atoms with E-state index < -0.39 is 23.8 Å². The summed E-state index contributed by atoms with van der Waals surface area (Å²) in [6.07, 6.45) is 3.56. The van der Waals surface area contributed by atoms with E-state index in [4.69, 9.17) is 4.74 Å². The van der Waals surface area contributed by atoms with E-state index in [-0.39, 0.29) is 30.3 Å². The summed E-state index contributed by atoms with van der Waals surface area (Å²) in [6.45, 7) is 19.0. The lowest BCUT2D eigenvalue weighted by molar-refractivity contribution is -0.142. The molecule has 0 spiro atoms. The molecule has 0 saturated heterocycles. The van der Waals surface area contributed by atoms with E-state index in [9.17, 15) is 14.4 Å². The van der Waals surface area contributed by atoms with Crippen LogP contribution < -0.4 is 10.6 Å². The number of nitrogens with zero attached hydrogens (tertiary/aromatic N) is 1. The molecule has 35 heavy (non-hydrogen) atoms. The number of aryl methyl sites for hydroxylation is 1. The van der Waals surface area contributed by atoms with Crippen molar-refractivity contribution in [3.63, 3.8) is 0 Å². The summed E-state index contributed by atoms with van der Waals surface area (Å²) in [5.41, 5.74) is 1.15. The molecule has 2 N–H and O–H groups in total. The third-order valence-corrected chi connectivity index (χ3v) is 5.59. The van der Waals surface area contributed by atoms with Gasteiger partial charge < -0.3 is 20.3 Å². The number of hydrogen-bond acceptors (Lipinski definition) is 4.